The van der Waals surface area contributed by atoms with E-state index in [4.69, 9.17) is 25.6 Å². The molecule has 0 amide bonds. The van der Waals surface area contributed by atoms with Gasteiger partial charge in [0.1, 0.15) is 21.9 Å². The highest BCUT2D eigenvalue weighted by molar-refractivity contribution is 8.05. The molecule has 0 aromatic carbocycles. The molecule has 1 N–H and O–H groups in total. The molecule has 1 aromatic heterocycles. The van der Waals surface area contributed by atoms with Gasteiger partial charge < -0.3 is 9.84 Å². The van der Waals surface area contributed by atoms with Crippen LogP contribution in [0.15, 0.2) is 6.20 Å². The van der Waals surface area contributed by atoms with E-state index < -0.39 is 11.4 Å². The van der Waals surface area contributed by atoms with Crippen molar-refractivity contribution in [1.82, 2.24) is 15.0 Å². The summed E-state index contributed by atoms with van der Waals surface area (Å²) in [5, 5.41) is 49.0. The zero-order chi connectivity index (χ0) is 19.3. The minimum atomic E-state index is -0.914. The molecule has 0 atom stereocenters. The molecule has 0 aliphatic carbocycles. The Balaban J connectivity index is 2.64. The fraction of sp³-hybridized carbons (Fsp3) is 0.571. The summed E-state index contributed by atoms with van der Waals surface area (Å²) in [6, 6.07) is 0. The van der Waals surface area contributed by atoms with Crippen molar-refractivity contribution in [3.63, 3.8) is 0 Å². The van der Waals surface area contributed by atoms with E-state index in [0.717, 1.165) is 35.3 Å². The largest absolute Gasteiger partial charge is 0.481 e. The van der Waals surface area contributed by atoms with Crippen molar-refractivity contribution >= 4 is 41.3 Å². The summed E-state index contributed by atoms with van der Waals surface area (Å²) in [4.78, 5) is 10.6. The predicted molar refractivity (Wildman–Crippen MR) is 98.6 cm³/mol. The van der Waals surface area contributed by atoms with Crippen molar-refractivity contribution in [2.24, 2.45) is 5.41 Å². The Hall–Kier alpha value is -1.91. The van der Waals surface area contributed by atoms with Crippen LogP contribution in [0, 0.1) is 37.4 Å². The van der Waals surface area contributed by atoms with E-state index in [0.29, 0.717) is 23.0 Å². The quantitative estimate of drug-likeness (QED) is 0.473. The zero-order valence-corrected chi connectivity index (χ0v) is 16.1. The molecular weight excluding hydrogens is 396 g/mol. The first kappa shape index (κ1) is 22.1. The number of nitriles is 3. The average Bonchev–Trinajstić information content (AvgIpc) is 3.08. The molecule has 0 spiro atoms. The third-order valence-electron chi connectivity index (χ3n) is 3.13. The predicted octanol–water partition coefficient (Wildman–Crippen LogP) is 1.90. The number of aryl methyl sites for hydroxylation is 1. The Morgan fingerprint density at radius 2 is 1.77 bits per heavy atom. The van der Waals surface area contributed by atoms with Gasteiger partial charge in [-0.15, -0.1) is 5.10 Å². The molecule has 26 heavy (non-hydrogen) atoms. The van der Waals surface area contributed by atoms with Gasteiger partial charge in [-0.25, -0.2) is 0 Å². The highest BCUT2D eigenvalue weighted by Crippen LogP contribution is 2.32. The van der Waals surface area contributed by atoms with Crippen LogP contribution in [-0.2, 0) is 22.7 Å². The molecule has 0 radical (unpaired) electrons. The van der Waals surface area contributed by atoms with Gasteiger partial charge in [0.25, 0.3) is 0 Å². The second-order valence-electron chi connectivity index (χ2n) is 5.25. The minimum Gasteiger partial charge on any atom is -0.481 e. The number of carbonyl (C=O) groups is 1. The van der Waals surface area contributed by atoms with E-state index in [-0.39, 0.29) is 26.2 Å². The molecule has 0 saturated heterocycles. The molecule has 1 rings (SSSR count). The highest BCUT2D eigenvalue weighted by atomic mass is 32.2. The van der Waals surface area contributed by atoms with Gasteiger partial charge in [-0.1, -0.05) is 5.21 Å². The van der Waals surface area contributed by atoms with Crippen LogP contribution in [0.3, 0.4) is 0 Å². The number of rotatable bonds is 13. The van der Waals surface area contributed by atoms with Crippen LogP contribution in [0.4, 0.5) is 0 Å². The Kier molecular flexibility index (Phi) is 10.6. The Morgan fingerprint density at radius 3 is 2.27 bits per heavy atom. The van der Waals surface area contributed by atoms with Crippen molar-refractivity contribution in [3.05, 3.63) is 11.9 Å². The van der Waals surface area contributed by atoms with Gasteiger partial charge in [-0.05, 0) is 35.3 Å². The summed E-state index contributed by atoms with van der Waals surface area (Å²) in [5.41, 5.74) is 0.0543. The molecule has 0 fully saturated rings. The summed E-state index contributed by atoms with van der Waals surface area (Å²) < 4.78 is 7.15. The number of aliphatic carboxylic acids is 1. The monoisotopic (exact) mass is 412 g/mol. The molecule has 12 heteroatoms. The lowest BCUT2D eigenvalue weighted by Gasteiger charge is -2.29. The van der Waals surface area contributed by atoms with E-state index in [1.807, 2.05) is 16.2 Å². The van der Waals surface area contributed by atoms with E-state index in [9.17, 15) is 4.79 Å². The van der Waals surface area contributed by atoms with Crippen molar-refractivity contribution in [3.8, 4) is 16.2 Å². The first-order chi connectivity index (χ1) is 12.5. The molecule has 9 nitrogen and oxygen atoms in total. The molecule has 0 bridgehead atoms. The van der Waals surface area contributed by atoms with Crippen LogP contribution in [0.1, 0.15) is 12.1 Å². The molecule has 0 saturated carbocycles. The fourth-order valence-corrected chi connectivity index (χ4v) is 4.26. The van der Waals surface area contributed by atoms with Gasteiger partial charge in [-0.3, -0.25) is 9.48 Å². The number of thioether (sulfide) groups is 3. The van der Waals surface area contributed by atoms with Crippen LogP contribution in [0.5, 0.6) is 0 Å². The SMILES string of the molecule is N#CSCC(COCc1cn(CCC(=O)O)nn1)(CSC#N)CSC#N. The van der Waals surface area contributed by atoms with Gasteiger partial charge >= 0.3 is 5.97 Å². The molecule has 138 valence electrons. The number of aromatic nitrogens is 3. The topological polar surface area (TPSA) is 149 Å². The van der Waals surface area contributed by atoms with E-state index in [1.54, 1.807) is 6.20 Å². The summed E-state index contributed by atoms with van der Waals surface area (Å²) >= 11 is 3.20. The van der Waals surface area contributed by atoms with Crippen LogP contribution in [0.25, 0.3) is 0 Å². The van der Waals surface area contributed by atoms with Crippen LogP contribution >= 0.6 is 35.3 Å². The number of nitrogens with zero attached hydrogens (tertiary/aromatic N) is 6. The normalized spacial score (nSPS) is 10.7. The Bertz CT molecular complexity index is 660. The van der Waals surface area contributed by atoms with Crippen LogP contribution in [0.2, 0.25) is 0 Å². The Morgan fingerprint density at radius 1 is 1.19 bits per heavy atom. The number of thiocyanates is 3. The number of hydrogen-bond donors (Lipinski definition) is 1. The van der Waals surface area contributed by atoms with Gasteiger partial charge in [0.2, 0.25) is 0 Å². The van der Waals surface area contributed by atoms with Crippen molar-refractivity contribution in [2.75, 3.05) is 23.9 Å². The average molecular weight is 413 g/mol. The number of carboxylic acids is 1. The second-order valence-corrected chi connectivity index (χ2v) is 7.53. The van der Waals surface area contributed by atoms with Gasteiger partial charge in [0.05, 0.1) is 32.4 Å². The van der Waals surface area contributed by atoms with Crippen molar-refractivity contribution in [1.29, 1.82) is 15.8 Å². The summed E-state index contributed by atoms with van der Waals surface area (Å²) in [6.07, 6.45) is 1.57. The smallest absolute Gasteiger partial charge is 0.305 e. The highest BCUT2D eigenvalue weighted by Gasteiger charge is 2.31. The lowest BCUT2D eigenvalue weighted by molar-refractivity contribution is -0.137. The Labute approximate surface area is 163 Å². The third kappa shape index (κ3) is 8.45. The molecule has 1 aromatic rings. The summed E-state index contributed by atoms with van der Waals surface area (Å²) in [7, 11) is 0. The van der Waals surface area contributed by atoms with Crippen LogP contribution < -0.4 is 0 Å². The van der Waals surface area contributed by atoms with Crippen LogP contribution in [-0.4, -0.2) is 49.9 Å². The van der Waals surface area contributed by atoms with E-state index >= 15 is 0 Å². The van der Waals surface area contributed by atoms with Gasteiger partial charge in [-0.2, -0.15) is 15.8 Å². The maximum atomic E-state index is 10.6. The maximum absolute atomic E-state index is 10.6. The minimum absolute atomic E-state index is 0.0467. The van der Waals surface area contributed by atoms with Gasteiger partial charge in [0.15, 0.2) is 0 Å². The van der Waals surface area contributed by atoms with Gasteiger partial charge in [0, 0.05) is 22.7 Å². The molecular formula is C14H16N6O3S3. The third-order valence-corrected chi connectivity index (χ3v) is 5.79. The number of ether oxygens (including phenoxy) is 1. The first-order valence-electron chi connectivity index (χ1n) is 7.26. The number of carboxylic acid groups (broad SMARTS) is 1. The number of hydrogen-bond acceptors (Lipinski definition) is 10. The molecule has 0 aliphatic heterocycles. The maximum Gasteiger partial charge on any atom is 0.305 e. The lowest BCUT2D eigenvalue weighted by atomic mass is 9.97. The summed E-state index contributed by atoms with van der Waals surface area (Å²) in [5.74, 6) is 0.414. The van der Waals surface area contributed by atoms with E-state index in [1.165, 1.54) is 4.68 Å². The van der Waals surface area contributed by atoms with E-state index in [2.05, 4.69) is 10.3 Å². The molecule has 0 aliphatic rings. The standard InChI is InChI=1S/C14H16N6O3S3/c15-9-24-6-14(7-25-10-16,8-26-11-17)5-23-4-12-3-20(19-18-12)2-1-13(21)22/h3H,1-2,4-8H2,(H,21,22). The lowest BCUT2D eigenvalue weighted by Crippen LogP contribution is -2.35. The molecule has 0 unspecified atom stereocenters. The fourth-order valence-electron chi connectivity index (χ4n) is 1.90. The second kappa shape index (κ2) is 12.4. The van der Waals surface area contributed by atoms with Crippen molar-refractivity contribution in [2.45, 2.75) is 19.6 Å². The first-order valence-corrected chi connectivity index (χ1v) is 10.2. The van der Waals surface area contributed by atoms with Crippen molar-refractivity contribution < 1.29 is 14.6 Å². The summed E-state index contributed by atoms with van der Waals surface area (Å²) in [6.45, 7) is 0.649. The zero-order valence-electron chi connectivity index (χ0n) is 13.7. The molecule has 1 heterocycles.